The molecule has 3 aromatic rings. The summed E-state index contributed by atoms with van der Waals surface area (Å²) in [6.45, 7) is 4.08. The second-order valence-corrected chi connectivity index (χ2v) is 7.45. The quantitative estimate of drug-likeness (QED) is 0.765. The van der Waals surface area contributed by atoms with Crippen LogP contribution in [0.2, 0.25) is 0 Å². The van der Waals surface area contributed by atoms with Crippen LogP contribution in [-0.2, 0) is 10.0 Å². The Morgan fingerprint density at radius 2 is 1.67 bits per heavy atom. The van der Waals surface area contributed by atoms with E-state index in [2.05, 4.69) is 9.82 Å². The van der Waals surface area contributed by atoms with Crippen molar-refractivity contribution in [3.05, 3.63) is 67.0 Å². The zero-order valence-electron chi connectivity index (χ0n) is 13.5. The number of benzene rings is 2. The van der Waals surface area contributed by atoms with Crippen molar-refractivity contribution in [2.45, 2.75) is 24.8 Å². The van der Waals surface area contributed by atoms with Crippen LogP contribution in [0.3, 0.4) is 0 Å². The molecule has 3 rings (SSSR count). The molecule has 0 bridgehead atoms. The van der Waals surface area contributed by atoms with Crippen LogP contribution in [0.25, 0.3) is 11.1 Å². The topological polar surface area (TPSA) is 64.0 Å². The highest BCUT2D eigenvalue weighted by molar-refractivity contribution is 7.92. The molecular weight excluding hydrogens is 322 g/mol. The van der Waals surface area contributed by atoms with Gasteiger partial charge in [-0.3, -0.25) is 9.40 Å². The largest absolute Gasteiger partial charge is 0.279 e. The van der Waals surface area contributed by atoms with Crippen molar-refractivity contribution in [2.75, 3.05) is 4.72 Å². The first kappa shape index (κ1) is 16.3. The summed E-state index contributed by atoms with van der Waals surface area (Å²) in [6, 6.07) is 15.9. The van der Waals surface area contributed by atoms with Crippen LogP contribution in [0.1, 0.15) is 19.9 Å². The first-order chi connectivity index (χ1) is 11.5. The zero-order valence-corrected chi connectivity index (χ0v) is 14.4. The molecule has 0 aliphatic rings. The van der Waals surface area contributed by atoms with Crippen molar-refractivity contribution in [2.24, 2.45) is 0 Å². The van der Waals surface area contributed by atoms with E-state index in [0.29, 0.717) is 5.69 Å². The molecule has 0 amide bonds. The molecule has 5 nitrogen and oxygen atoms in total. The molecule has 1 N–H and O–H groups in total. The van der Waals surface area contributed by atoms with E-state index < -0.39 is 10.0 Å². The Bertz CT molecular complexity index is 932. The summed E-state index contributed by atoms with van der Waals surface area (Å²) < 4.78 is 29.7. The zero-order chi connectivity index (χ0) is 17.2. The lowest BCUT2D eigenvalue weighted by atomic mass is 10.1. The molecule has 0 unspecified atom stereocenters. The fourth-order valence-corrected chi connectivity index (χ4v) is 3.49. The molecule has 124 valence electrons. The van der Waals surface area contributed by atoms with Gasteiger partial charge < -0.3 is 0 Å². The Morgan fingerprint density at radius 3 is 2.33 bits per heavy atom. The van der Waals surface area contributed by atoms with Gasteiger partial charge >= 0.3 is 0 Å². The summed E-state index contributed by atoms with van der Waals surface area (Å²) in [4.78, 5) is 0.234. The Labute approximate surface area is 142 Å². The van der Waals surface area contributed by atoms with E-state index in [0.717, 1.165) is 11.1 Å². The molecule has 6 heteroatoms. The molecule has 0 aliphatic heterocycles. The predicted octanol–water partition coefficient (Wildman–Crippen LogP) is 3.93. The minimum absolute atomic E-state index is 0.234. The molecule has 1 aromatic heterocycles. The molecule has 0 saturated heterocycles. The van der Waals surface area contributed by atoms with Gasteiger partial charge in [0, 0.05) is 23.4 Å². The maximum atomic E-state index is 12.6. The third kappa shape index (κ3) is 3.33. The number of rotatable bonds is 5. The molecular formula is C18H19N3O2S. The van der Waals surface area contributed by atoms with E-state index in [-0.39, 0.29) is 10.9 Å². The van der Waals surface area contributed by atoms with Crippen LogP contribution in [-0.4, -0.2) is 18.2 Å². The van der Waals surface area contributed by atoms with Gasteiger partial charge in [0.25, 0.3) is 10.0 Å². The van der Waals surface area contributed by atoms with Crippen molar-refractivity contribution >= 4 is 15.7 Å². The predicted molar refractivity (Wildman–Crippen MR) is 95.3 cm³/mol. The molecule has 0 fully saturated rings. The van der Waals surface area contributed by atoms with E-state index in [4.69, 9.17) is 0 Å². The summed E-state index contributed by atoms with van der Waals surface area (Å²) in [5.74, 6) is 0. The lowest BCUT2D eigenvalue weighted by molar-refractivity contribution is 0.532. The molecule has 0 spiro atoms. The SMILES string of the molecule is CC(C)n1cc(-c2ccccc2NS(=O)(=O)c2ccccc2)cn1. The third-order valence-corrected chi connectivity index (χ3v) is 5.05. The van der Waals surface area contributed by atoms with Crippen LogP contribution in [0, 0.1) is 0 Å². The number of sulfonamides is 1. The molecule has 2 aromatic carbocycles. The number of hydrogen-bond donors (Lipinski definition) is 1. The van der Waals surface area contributed by atoms with E-state index in [9.17, 15) is 8.42 Å². The van der Waals surface area contributed by atoms with E-state index in [1.807, 2.05) is 36.9 Å². The average Bonchev–Trinajstić information content (AvgIpc) is 3.06. The van der Waals surface area contributed by atoms with Crippen molar-refractivity contribution in [3.8, 4) is 11.1 Å². The number of nitrogens with one attached hydrogen (secondary N) is 1. The van der Waals surface area contributed by atoms with Crippen LogP contribution in [0.5, 0.6) is 0 Å². The van der Waals surface area contributed by atoms with Gasteiger partial charge in [0.1, 0.15) is 0 Å². The maximum absolute atomic E-state index is 12.6. The number of aromatic nitrogens is 2. The van der Waals surface area contributed by atoms with Crippen LogP contribution < -0.4 is 4.72 Å². The molecule has 1 heterocycles. The standard InChI is InChI=1S/C18H19N3O2S/c1-14(2)21-13-15(12-19-21)17-10-6-7-11-18(17)20-24(22,23)16-8-4-3-5-9-16/h3-14,20H,1-2H3. The Hall–Kier alpha value is -2.60. The van der Waals surface area contributed by atoms with Gasteiger partial charge in [-0.2, -0.15) is 5.10 Å². The summed E-state index contributed by atoms with van der Waals surface area (Å²) in [5, 5.41) is 4.33. The Kier molecular flexibility index (Phi) is 4.40. The van der Waals surface area contributed by atoms with Crippen molar-refractivity contribution in [1.82, 2.24) is 9.78 Å². The fourth-order valence-electron chi connectivity index (χ4n) is 2.39. The Balaban J connectivity index is 1.98. The van der Waals surface area contributed by atoms with Crippen LogP contribution in [0.4, 0.5) is 5.69 Å². The fraction of sp³-hybridized carbons (Fsp3) is 0.167. The van der Waals surface area contributed by atoms with Gasteiger partial charge in [-0.25, -0.2) is 8.42 Å². The van der Waals surface area contributed by atoms with Gasteiger partial charge in [-0.05, 0) is 32.0 Å². The third-order valence-electron chi connectivity index (χ3n) is 3.67. The molecule has 0 atom stereocenters. The van der Waals surface area contributed by atoms with E-state index in [1.54, 1.807) is 48.7 Å². The monoisotopic (exact) mass is 341 g/mol. The lowest BCUT2D eigenvalue weighted by Crippen LogP contribution is -2.13. The highest BCUT2D eigenvalue weighted by Gasteiger charge is 2.16. The van der Waals surface area contributed by atoms with Gasteiger partial charge in [0.05, 0.1) is 16.8 Å². The Morgan fingerprint density at radius 1 is 1.00 bits per heavy atom. The second kappa shape index (κ2) is 6.49. The number of nitrogens with zero attached hydrogens (tertiary/aromatic N) is 2. The highest BCUT2D eigenvalue weighted by atomic mass is 32.2. The smallest absolute Gasteiger partial charge is 0.261 e. The van der Waals surface area contributed by atoms with Crippen molar-refractivity contribution in [1.29, 1.82) is 0 Å². The first-order valence-electron chi connectivity index (χ1n) is 7.69. The highest BCUT2D eigenvalue weighted by Crippen LogP contribution is 2.29. The van der Waals surface area contributed by atoms with Gasteiger partial charge in [-0.1, -0.05) is 36.4 Å². The van der Waals surface area contributed by atoms with Gasteiger partial charge in [0.2, 0.25) is 0 Å². The number of para-hydroxylation sites is 1. The lowest BCUT2D eigenvalue weighted by Gasteiger charge is -2.12. The molecule has 0 saturated carbocycles. The average molecular weight is 341 g/mol. The second-order valence-electron chi connectivity index (χ2n) is 5.77. The molecule has 24 heavy (non-hydrogen) atoms. The van der Waals surface area contributed by atoms with Crippen molar-refractivity contribution < 1.29 is 8.42 Å². The van der Waals surface area contributed by atoms with Crippen LogP contribution in [0.15, 0.2) is 71.9 Å². The van der Waals surface area contributed by atoms with Crippen LogP contribution >= 0.6 is 0 Å². The minimum atomic E-state index is -3.63. The summed E-state index contributed by atoms with van der Waals surface area (Å²) in [6.07, 6.45) is 3.66. The van der Waals surface area contributed by atoms with Gasteiger partial charge in [0.15, 0.2) is 0 Å². The van der Waals surface area contributed by atoms with E-state index in [1.165, 1.54) is 0 Å². The summed E-state index contributed by atoms with van der Waals surface area (Å²) in [5.41, 5.74) is 2.20. The van der Waals surface area contributed by atoms with E-state index >= 15 is 0 Å². The van der Waals surface area contributed by atoms with Crippen molar-refractivity contribution in [3.63, 3.8) is 0 Å². The summed E-state index contributed by atoms with van der Waals surface area (Å²) in [7, 11) is -3.63. The maximum Gasteiger partial charge on any atom is 0.261 e. The number of hydrogen-bond acceptors (Lipinski definition) is 3. The normalized spacial score (nSPS) is 11.6. The molecule has 0 aliphatic carbocycles. The summed E-state index contributed by atoms with van der Waals surface area (Å²) >= 11 is 0. The number of anilines is 1. The first-order valence-corrected chi connectivity index (χ1v) is 9.17. The van der Waals surface area contributed by atoms with Gasteiger partial charge in [-0.15, -0.1) is 0 Å². The molecule has 0 radical (unpaired) electrons. The minimum Gasteiger partial charge on any atom is -0.279 e.